The zero-order valence-corrected chi connectivity index (χ0v) is 42.1. The van der Waals surface area contributed by atoms with E-state index < -0.39 is 0 Å². The Labute approximate surface area is 406 Å². The number of nitrogens with zero attached hydrogens (tertiary/aromatic N) is 3. The van der Waals surface area contributed by atoms with Crippen molar-refractivity contribution in [2.45, 2.75) is 105 Å². The van der Waals surface area contributed by atoms with Gasteiger partial charge < -0.3 is 14.6 Å². The summed E-state index contributed by atoms with van der Waals surface area (Å²) in [6.07, 6.45) is 0. The van der Waals surface area contributed by atoms with Gasteiger partial charge in [0.15, 0.2) is 0 Å². The monoisotopic (exact) mass is 886 g/mol. The van der Waals surface area contributed by atoms with E-state index in [4.69, 9.17) is 0 Å². The quantitative estimate of drug-likeness (QED) is 0.159. The number of benzene rings is 8. The molecule has 0 saturated heterocycles. The van der Waals surface area contributed by atoms with E-state index in [2.05, 4.69) is 268 Å². The summed E-state index contributed by atoms with van der Waals surface area (Å²) in [6, 6.07) is 65.2. The van der Waals surface area contributed by atoms with Crippen LogP contribution < -0.4 is 25.5 Å². The second-order valence-corrected chi connectivity index (χ2v) is 23.2. The van der Waals surface area contributed by atoms with Gasteiger partial charge in [-0.05, 0) is 151 Å². The predicted octanol–water partition coefficient (Wildman–Crippen LogP) is 16.4. The van der Waals surface area contributed by atoms with Gasteiger partial charge in [-0.2, -0.15) is 0 Å². The fourth-order valence-corrected chi connectivity index (χ4v) is 11.4. The van der Waals surface area contributed by atoms with Gasteiger partial charge in [-0.25, -0.2) is 0 Å². The maximum absolute atomic E-state index is 2.68. The summed E-state index contributed by atoms with van der Waals surface area (Å²) in [5.41, 5.74) is 25.1. The minimum atomic E-state index is -0.211. The third-order valence-corrected chi connectivity index (χ3v) is 15.2. The number of rotatable bonds is 5. The van der Waals surface area contributed by atoms with Gasteiger partial charge in [-0.1, -0.05) is 179 Å². The first-order chi connectivity index (χ1) is 32.3. The molecule has 0 atom stereocenters. The normalized spacial score (nSPS) is 14.5. The first-order valence-corrected chi connectivity index (χ1v) is 24.6. The number of hydrogen-bond acceptors (Lipinski definition) is 3. The maximum Gasteiger partial charge on any atom is 0.333 e. The summed E-state index contributed by atoms with van der Waals surface area (Å²) >= 11 is 0. The van der Waals surface area contributed by atoms with Crippen LogP contribution in [0.15, 0.2) is 170 Å². The van der Waals surface area contributed by atoms with Gasteiger partial charge in [-0.3, -0.25) is 0 Å². The molecule has 8 aromatic rings. The highest BCUT2D eigenvalue weighted by molar-refractivity contribution is 6.93. The molecule has 0 fully saturated rings. The molecule has 0 aromatic heterocycles. The van der Waals surface area contributed by atoms with Crippen LogP contribution in [-0.4, -0.2) is 6.85 Å². The molecule has 4 heteroatoms. The number of anilines is 8. The van der Waals surface area contributed by atoms with Gasteiger partial charge in [0.25, 0.3) is 0 Å². The van der Waals surface area contributed by atoms with Gasteiger partial charge in [0.1, 0.15) is 0 Å². The van der Waals surface area contributed by atoms with Crippen LogP contribution >= 0.6 is 0 Å². The molecule has 0 amide bonds. The zero-order valence-electron chi connectivity index (χ0n) is 42.1. The predicted molar refractivity (Wildman–Crippen MR) is 293 cm³/mol. The second-order valence-electron chi connectivity index (χ2n) is 23.2. The minimum Gasteiger partial charge on any atom is -0.376 e. The average molecular weight is 886 g/mol. The highest BCUT2D eigenvalue weighted by Crippen LogP contribution is 2.56. The molecule has 3 nitrogen and oxygen atoms in total. The number of aryl methyl sites for hydroxylation is 1. The van der Waals surface area contributed by atoms with Gasteiger partial charge >= 0.3 is 6.85 Å². The summed E-state index contributed by atoms with van der Waals surface area (Å²) in [5, 5.41) is 0. The van der Waals surface area contributed by atoms with E-state index in [1.807, 2.05) is 0 Å². The summed E-state index contributed by atoms with van der Waals surface area (Å²) in [4.78, 5) is 7.75. The maximum atomic E-state index is 2.68. The van der Waals surface area contributed by atoms with Crippen LogP contribution in [0.4, 0.5) is 45.5 Å². The molecule has 0 bridgehead atoms. The molecule has 3 aliphatic heterocycles. The van der Waals surface area contributed by atoms with Crippen molar-refractivity contribution in [3.05, 3.63) is 203 Å². The molecule has 0 saturated carbocycles. The van der Waals surface area contributed by atoms with E-state index in [-0.39, 0.29) is 28.5 Å². The standard InChI is InChI=1S/C64H64BN3/c1-41-18-13-14-19-50(41)42-38-52-51-37-36-49(66(46-30-24-43(25-31-46)61(2,3)4)47-32-26-44(27-33-47)62(5,6)7)40-57(51)68(48-34-28-45(29-35-48)63(8,9)10)65-55-22-17-21-54-60(55)67(58(39-42)59(52)65)56-23-16-15-20-53(56)64(54,11)12/h13-40H,1-12H3. The van der Waals surface area contributed by atoms with E-state index in [0.29, 0.717) is 0 Å². The highest BCUT2D eigenvalue weighted by Gasteiger charge is 2.49. The van der Waals surface area contributed by atoms with Gasteiger partial charge in [0.2, 0.25) is 0 Å². The van der Waals surface area contributed by atoms with Gasteiger partial charge in [0, 0.05) is 50.8 Å². The summed E-state index contributed by atoms with van der Waals surface area (Å²) in [7, 11) is 0. The average Bonchev–Trinajstić information content (AvgIpc) is 3.31. The molecule has 3 aliphatic rings. The van der Waals surface area contributed by atoms with E-state index in [0.717, 1.165) is 17.1 Å². The molecule has 0 unspecified atom stereocenters. The largest absolute Gasteiger partial charge is 0.376 e. The Hall–Kier alpha value is -6.78. The van der Waals surface area contributed by atoms with Gasteiger partial charge in [-0.15, -0.1) is 0 Å². The molecule has 11 rings (SSSR count). The molecule has 8 aromatic carbocycles. The number of para-hydroxylation sites is 2. The third-order valence-electron chi connectivity index (χ3n) is 15.2. The van der Waals surface area contributed by atoms with Crippen molar-refractivity contribution >= 4 is 63.3 Å². The lowest BCUT2D eigenvalue weighted by Gasteiger charge is -2.50. The van der Waals surface area contributed by atoms with Crippen molar-refractivity contribution in [2.75, 3.05) is 14.6 Å². The Bertz CT molecular complexity index is 3210. The smallest absolute Gasteiger partial charge is 0.333 e. The molecule has 0 N–H and O–H groups in total. The van der Waals surface area contributed by atoms with Crippen LogP contribution in [0.3, 0.4) is 0 Å². The van der Waals surface area contributed by atoms with Crippen molar-refractivity contribution < 1.29 is 0 Å². The topological polar surface area (TPSA) is 9.72 Å². The van der Waals surface area contributed by atoms with Crippen LogP contribution in [0.1, 0.15) is 110 Å². The minimum absolute atomic E-state index is 0.0195. The molecule has 338 valence electrons. The lowest BCUT2D eigenvalue weighted by atomic mass is 9.42. The summed E-state index contributed by atoms with van der Waals surface area (Å²) < 4.78 is 0. The Morgan fingerprint density at radius 1 is 0.456 bits per heavy atom. The lowest BCUT2D eigenvalue weighted by Crippen LogP contribution is -2.62. The first kappa shape index (κ1) is 43.8. The number of fused-ring (bicyclic) bond motifs is 6. The molecular formula is C64H64BN3. The van der Waals surface area contributed by atoms with Crippen LogP contribution in [-0.2, 0) is 21.7 Å². The van der Waals surface area contributed by atoms with E-state index in [1.165, 1.54) is 95.0 Å². The van der Waals surface area contributed by atoms with Crippen molar-refractivity contribution in [1.82, 2.24) is 0 Å². The fraction of sp³-hybridized carbons (Fsp3) is 0.250. The second kappa shape index (κ2) is 15.4. The van der Waals surface area contributed by atoms with Crippen LogP contribution in [0, 0.1) is 6.92 Å². The van der Waals surface area contributed by atoms with Crippen molar-refractivity contribution in [3.63, 3.8) is 0 Å². The third kappa shape index (κ3) is 6.93. The highest BCUT2D eigenvalue weighted by atomic mass is 15.2. The van der Waals surface area contributed by atoms with Crippen molar-refractivity contribution in [3.8, 4) is 22.3 Å². The van der Waals surface area contributed by atoms with Crippen LogP contribution in [0.2, 0.25) is 0 Å². The van der Waals surface area contributed by atoms with E-state index in [1.54, 1.807) is 0 Å². The molecule has 0 radical (unpaired) electrons. The van der Waals surface area contributed by atoms with E-state index in [9.17, 15) is 0 Å². The zero-order chi connectivity index (χ0) is 47.7. The van der Waals surface area contributed by atoms with Gasteiger partial charge in [0.05, 0.1) is 5.69 Å². The number of hydrogen-bond donors (Lipinski definition) is 0. The van der Waals surface area contributed by atoms with Crippen LogP contribution in [0.5, 0.6) is 0 Å². The summed E-state index contributed by atoms with van der Waals surface area (Å²) in [5.74, 6) is 0. The molecular weight excluding hydrogens is 822 g/mol. The van der Waals surface area contributed by atoms with Crippen molar-refractivity contribution in [2.24, 2.45) is 0 Å². The Kier molecular flexibility index (Phi) is 9.90. The molecule has 3 heterocycles. The van der Waals surface area contributed by atoms with Crippen molar-refractivity contribution in [1.29, 1.82) is 0 Å². The SMILES string of the molecule is Cc1ccccc1-c1cc2c3c(c1)N1c4ccccc4C(C)(C)c4cccc(c41)B3N(c1ccc(C(C)(C)C)cc1)c1cc(N(c3ccc(C(C)(C)C)cc3)c3ccc(C(C)(C)C)cc3)ccc1-2. The fourth-order valence-electron chi connectivity index (χ4n) is 11.4. The Morgan fingerprint density at radius 2 is 1.00 bits per heavy atom. The Morgan fingerprint density at radius 3 is 1.60 bits per heavy atom. The molecule has 0 spiro atoms. The van der Waals surface area contributed by atoms with E-state index >= 15 is 0 Å². The molecule has 0 aliphatic carbocycles. The molecule has 68 heavy (non-hydrogen) atoms. The lowest BCUT2D eigenvalue weighted by molar-refractivity contribution is 0.590. The first-order valence-electron chi connectivity index (χ1n) is 24.6. The summed E-state index contributed by atoms with van der Waals surface area (Å²) in [6.45, 7) is 27.6. The Balaban J connectivity index is 1.23. The van der Waals surface area contributed by atoms with Crippen LogP contribution in [0.25, 0.3) is 22.3 Å².